The Morgan fingerprint density at radius 3 is 3.00 bits per heavy atom. The first kappa shape index (κ1) is 10.8. The van der Waals surface area contributed by atoms with E-state index >= 15 is 0 Å². The van der Waals surface area contributed by atoms with Crippen LogP contribution in [0.2, 0.25) is 0 Å². The molecule has 0 aliphatic rings. The van der Waals surface area contributed by atoms with Crippen LogP contribution in [-0.4, -0.2) is 15.2 Å². The second kappa shape index (κ2) is 3.85. The lowest BCUT2D eigenvalue weighted by molar-refractivity contribution is 0.555. The molecule has 0 bridgehead atoms. The molecule has 6 heteroatoms. The monoisotopic (exact) mass is 244 g/mol. The molecule has 0 spiro atoms. The van der Waals surface area contributed by atoms with Gasteiger partial charge in [-0.2, -0.15) is 5.10 Å². The predicted octanol–water partition coefficient (Wildman–Crippen LogP) is 1.28. The van der Waals surface area contributed by atoms with Crippen molar-refractivity contribution in [2.24, 2.45) is 5.73 Å². The van der Waals surface area contributed by atoms with Crippen molar-refractivity contribution in [1.82, 2.24) is 15.2 Å². The molecule has 0 aliphatic carbocycles. The summed E-state index contributed by atoms with van der Waals surface area (Å²) in [6.45, 7) is 2.38. The van der Waals surface area contributed by atoms with Crippen LogP contribution in [0, 0.1) is 6.92 Å². The summed E-state index contributed by atoms with van der Waals surface area (Å²) in [5.41, 5.74) is 10.5. The number of H-pyrrole nitrogens is 2. The molecule has 0 saturated carbocycles. The van der Waals surface area contributed by atoms with Gasteiger partial charge in [-0.15, -0.1) is 0 Å². The van der Waals surface area contributed by atoms with E-state index in [2.05, 4.69) is 15.2 Å². The van der Waals surface area contributed by atoms with Gasteiger partial charge in [0.25, 0.3) is 0 Å². The summed E-state index contributed by atoms with van der Waals surface area (Å²) in [6, 6.07) is 5.45. The summed E-state index contributed by atoms with van der Waals surface area (Å²) in [5, 5.41) is 7.15. The van der Waals surface area contributed by atoms with Crippen LogP contribution < -0.4 is 11.5 Å². The van der Waals surface area contributed by atoms with E-state index in [1.54, 1.807) is 6.07 Å². The smallest absolute Gasteiger partial charge is 0.408 e. The average molecular weight is 244 g/mol. The molecule has 18 heavy (non-hydrogen) atoms. The van der Waals surface area contributed by atoms with Crippen molar-refractivity contribution in [2.45, 2.75) is 13.5 Å². The lowest BCUT2D eigenvalue weighted by Gasteiger charge is -1.99. The summed E-state index contributed by atoms with van der Waals surface area (Å²) in [5.74, 6) is -0.455. The molecule has 6 nitrogen and oxygen atoms in total. The van der Waals surface area contributed by atoms with Gasteiger partial charge in [0.05, 0.1) is 16.9 Å². The zero-order chi connectivity index (χ0) is 12.7. The van der Waals surface area contributed by atoms with Crippen LogP contribution in [0.1, 0.15) is 11.3 Å². The Balaban J connectivity index is 2.18. The number of nitrogens with two attached hydrogens (primary N) is 1. The van der Waals surface area contributed by atoms with E-state index in [0.29, 0.717) is 17.6 Å². The fraction of sp³-hybridized carbons (Fsp3) is 0.167. The molecule has 0 unspecified atom stereocenters. The van der Waals surface area contributed by atoms with Crippen molar-refractivity contribution in [3.05, 3.63) is 40.0 Å². The summed E-state index contributed by atoms with van der Waals surface area (Å²) in [7, 11) is 0. The van der Waals surface area contributed by atoms with Crippen LogP contribution in [0.3, 0.4) is 0 Å². The highest BCUT2D eigenvalue weighted by Gasteiger charge is 2.11. The quantitative estimate of drug-likeness (QED) is 0.632. The summed E-state index contributed by atoms with van der Waals surface area (Å²) >= 11 is 0. The summed E-state index contributed by atoms with van der Waals surface area (Å²) in [6.07, 6.45) is 0. The van der Waals surface area contributed by atoms with Gasteiger partial charge in [0.2, 0.25) is 0 Å². The number of hydrogen-bond acceptors (Lipinski definition) is 4. The minimum Gasteiger partial charge on any atom is -0.408 e. The summed E-state index contributed by atoms with van der Waals surface area (Å²) < 4.78 is 4.96. The van der Waals surface area contributed by atoms with Gasteiger partial charge in [0.1, 0.15) is 0 Å². The Kier molecular flexibility index (Phi) is 2.31. The second-order valence-electron chi connectivity index (χ2n) is 4.11. The second-order valence-corrected chi connectivity index (χ2v) is 4.11. The maximum Gasteiger partial charge on any atom is 0.417 e. The van der Waals surface area contributed by atoms with E-state index in [1.807, 2.05) is 19.1 Å². The first-order chi connectivity index (χ1) is 8.69. The van der Waals surface area contributed by atoms with E-state index in [4.69, 9.17) is 10.2 Å². The van der Waals surface area contributed by atoms with Gasteiger partial charge in [-0.1, -0.05) is 0 Å². The van der Waals surface area contributed by atoms with Crippen LogP contribution in [0.15, 0.2) is 27.4 Å². The lowest BCUT2D eigenvalue weighted by atomic mass is 10.1. The molecule has 0 amide bonds. The molecule has 3 aromatic rings. The third-order valence-electron chi connectivity index (χ3n) is 3.01. The third-order valence-corrected chi connectivity index (χ3v) is 3.01. The van der Waals surface area contributed by atoms with E-state index in [0.717, 1.165) is 22.5 Å². The first-order valence-electron chi connectivity index (χ1n) is 5.56. The summed E-state index contributed by atoms with van der Waals surface area (Å²) in [4.78, 5) is 13.7. The SMILES string of the molecule is Cc1c(-c2ccc3oc(=O)[nH]c3c2)n[nH]c1CN. The number of nitrogens with one attached hydrogen (secondary N) is 2. The highest BCUT2D eigenvalue weighted by molar-refractivity contribution is 5.79. The predicted molar refractivity (Wildman–Crippen MR) is 67.0 cm³/mol. The Hall–Kier alpha value is -2.34. The van der Waals surface area contributed by atoms with Crippen molar-refractivity contribution < 1.29 is 4.42 Å². The number of rotatable bonds is 2. The van der Waals surface area contributed by atoms with Gasteiger partial charge in [-0.25, -0.2) is 4.79 Å². The Morgan fingerprint density at radius 1 is 1.44 bits per heavy atom. The molecule has 3 rings (SSSR count). The van der Waals surface area contributed by atoms with Crippen molar-refractivity contribution in [2.75, 3.05) is 0 Å². The molecule has 2 heterocycles. The van der Waals surface area contributed by atoms with Crippen molar-refractivity contribution in [3.63, 3.8) is 0 Å². The van der Waals surface area contributed by atoms with E-state index in [9.17, 15) is 4.79 Å². The Labute approximate surface area is 102 Å². The van der Waals surface area contributed by atoms with Crippen LogP contribution in [-0.2, 0) is 6.54 Å². The number of benzene rings is 1. The molecule has 0 aliphatic heterocycles. The number of fused-ring (bicyclic) bond motifs is 1. The molecule has 0 saturated heterocycles. The molecular formula is C12H12N4O2. The molecule has 4 N–H and O–H groups in total. The molecular weight excluding hydrogens is 232 g/mol. The topological polar surface area (TPSA) is 101 Å². The molecule has 0 atom stereocenters. The molecule has 0 radical (unpaired) electrons. The van der Waals surface area contributed by atoms with Crippen LogP contribution in [0.25, 0.3) is 22.4 Å². The van der Waals surface area contributed by atoms with Gasteiger partial charge < -0.3 is 10.2 Å². The Bertz CT molecular complexity index is 766. The maximum absolute atomic E-state index is 11.1. The maximum atomic E-state index is 11.1. The van der Waals surface area contributed by atoms with Crippen LogP contribution in [0.5, 0.6) is 0 Å². The first-order valence-corrected chi connectivity index (χ1v) is 5.56. The van der Waals surface area contributed by atoms with Gasteiger partial charge in [0, 0.05) is 12.1 Å². The molecule has 0 fully saturated rings. The average Bonchev–Trinajstić information content (AvgIpc) is 2.89. The van der Waals surface area contributed by atoms with E-state index in [1.165, 1.54) is 0 Å². The minimum absolute atomic E-state index is 0.420. The third kappa shape index (κ3) is 1.54. The van der Waals surface area contributed by atoms with Crippen molar-refractivity contribution in [3.8, 4) is 11.3 Å². The number of nitrogens with zero attached hydrogens (tertiary/aromatic N) is 1. The van der Waals surface area contributed by atoms with E-state index in [-0.39, 0.29) is 0 Å². The van der Waals surface area contributed by atoms with E-state index < -0.39 is 5.76 Å². The van der Waals surface area contributed by atoms with Crippen molar-refractivity contribution in [1.29, 1.82) is 0 Å². The lowest BCUT2D eigenvalue weighted by Crippen LogP contribution is -1.98. The highest BCUT2D eigenvalue weighted by atomic mass is 16.4. The normalized spacial score (nSPS) is 11.2. The number of aromatic amines is 2. The minimum atomic E-state index is -0.455. The number of aromatic nitrogens is 3. The molecule has 1 aromatic carbocycles. The standard InChI is InChI=1S/C12H12N4O2/c1-6-9(5-13)15-16-11(6)7-2-3-10-8(4-7)14-12(17)18-10/h2-4H,5,13H2,1H3,(H,14,17)(H,15,16). The number of hydrogen-bond donors (Lipinski definition) is 3. The zero-order valence-corrected chi connectivity index (χ0v) is 9.78. The molecule has 2 aromatic heterocycles. The van der Waals surface area contributed by atoms with Crippen LogP contribution >= 0.6 is 0 Å². The van der Waals surface area contributed by atoms with Crippen molar-refractivity contribution >= 4 is 11.1 Å². The van der Waals surface area contributed by atoms with Crippen LogP contribution in [0.4, 0.5) is 0 Å². The van der Waals surface area contributed by atoms with Gasteiger partial charge in [0.15, 0.2) is 5.58 Å². The fourth-order valence-corrected chi connectivity index (χ4v) is 2.01. The van der Waals surface area contributed by atoms with Gasteiger partial charge in [-0.05, 0) is 30.7 Å². The fourth-order valence-electron chi connectivity index (χ4n) is 2.01. The number of oxazole rings is 1. The molecule has 92 valence electrons. The van der Waals surface area contributed by atoms with Gasteiger partial charge in [-0.3, -0.25) is 10.1 Å². The van der Waals surface area contributed by atoms with Gasteiger partial charge >= 0.3 is 5.76 Å². The largest absolute Gasteiger partial charge is 0.417 e. The highest BCUT2D eigenvalue weighted by Crippen LogP contribution is 2.25. The Morgan fingerprint density at radius 2 is 2.28 bits per heavy atom. The zero-order valence-electron chi connectivity index (χ0n) is 9.78.